The molecule has 0 radical (unpaired) electrons. The number of carbonyl (C=O) groups excluding carboxylic acids is 1. The van der Waals surface area contributed by atoms with E-state index in [2.05, 4.69) is 0 Å². The molecular formula is C21H28N3O3S+. The number of sulfonamides is 1. The van der Waals surface area contributed by atoms with E-state index in [1.54, 1.807) is 35.2 Å². The largest absolute Gasteiger partial charge is 0.336 e. The van der Waals surface area contributed by atoms with Gasteiger partial charge < -0.3 is 9.80 Å². The first kappa shape index (κ1) is 20.5. The Morgan fingerprint density at radius 3 is 2.14 bits per heavy atom. The summed E-state index contributed by atoms with van der Waals surface area (Å²) in [5, 5.41) is 0. The number of quaternary nitrogens is 1. The van der Waals surface area contributed by atoms with Gasteiger partial charge in [-0.1, -0.05) is 48.5 Å². The molecule has 2 aromatic carbocycles. The maximum absolute atomic E-state index is 12.8. The summed E-state index contributed by atoms with van der Waals surface area (Å²) in [6.07, 6.45) is 0. The average molecular weight is 403 g/mol. The normalized spacial score (nSPS) is 17.2. The molecule has 1 atom stereocenters. The Labute approximate surface area is 167 Å². The molecule has 0 aliphatic carbocycles. The van der Waals surface area contributed by atoms with Crippen molar-refractivity contribution >= 4 is 15.9 Å². The van der Waals surface area contributed by atoms with Gasteiger partial charge in [0, 0.05) is 13.6 Å². The fraction of sp³-hybridized carbons (Fsp3) is 0.381. The molecule has 1 aliphatic heterocycles. The van der Waals surface area contributed by atoms with E-state index in [1.165, 1.54) is 4.31 Å². The van der Waals surface area contributed by atoms with Gasteiger partial charge in [-0.15, -0.1) is 0 Å². The summed E-state index contributed by atoms with van der Waals surface area (Å²) in [6.45, 7) is 4.60. The quantitative estimate of drug-likeness (QED) is 0.771. The molecule has 28 heavy (non-hydrogen) atoms. The van der Waals surface area contributed by atoms with Crippen LogP contribution in [0, 0.1) is 0 Å². The van der Waals surface area contributed by atoms with Crippen LogP contribution in [0.3, 0.4) is 0 Å². The summed E-state index contributed by atoms with van der Waals surface area (Å²) in [5.41, 5.74) is 1.10. The van der Waals surface area contributed by atoms with Crippen molar-refractivity contribution in [1.82, 2.24) is 9.21 Å². The topological polar surface area (TPSA) is 62.1 Å². The van der Waals surface area contributed by atoms with Crippen molar-refractivity contribution in [3.8, 4) is 0 Å². The van der Waals surface area contributed by atoms with Crippen molar-refractivity contribution in [1.29, 1.82) is 0 Å². The highest BCUT2D eigenvalue weighted by Gasteiger charge is 2.35. The maximum Gasteiger partial charge on any atom is 0.280 e. The summed E-state index contributed by atoms with van der Waals surface area (Å²) in [7, 11) is -1.64. The first-order chi connectivity index (χ1) is 13.4. The zero-order valence-electron chi connectivity index (χ0n) is 16.4. The summed E-state index contributed by atoms with van der Waals surface area (Å²) >= 11 is 0. The molecule has 0 unspecified atom stereocenters. The first-order valence-corrected chi connectivity index (χ1v) is 11.0. The van der Waals surface area contributed by atoms with Crippen LogP contribution in [-0.2, 0) is 21.4 Å². The number of carbonyl (C=O) groups is 1. The third kappa shape index (κ3) is 4.60. The van der Waals surface area contributed by atoms with E-state index in [1.807, 2.05) is 44.3 Å². The minimum absolute atomic E-state index is 0.0817. The minimum atomic E-state index is -3.46. The molecule has 1 N–H and O–H groups in total. The lowest BCUT2D eigenvalue weighted by Crippen LogP contribution is -3.19. The summed E-state index contributed by atoms with van der Waals surface area (Å²) in [6, 6.07) is 18.2. The Bertz CT molecular complexity index is 880. The molecule has 1 amide bonds. The molecule has 0 saturated carbocycles. The number of piperazine rings is 1. The van der Waals surface area contributed by atoms with Crippen LogP contribution in [-0.4, -0.2) is 62.8 Å². The molecule has 2 aromatic rings. The number of likely N-dealkylation sites (N-methyl/N-ethyl adjacent to an activating group) is 1. The standard InChI is InChI=1S/C21H27N3O3S/c1-18(21(25)22(2)17-19-9-5-3-6-10-19)23-13-15-24(16-14-23)28(26,27)20-11-7-4-8-12-20/h3-12,18H,13-17H2,1-2H3/p+1/t18-/m0/s1. The third-order valence-electron chi connectivity index (χ3n) is 5.37. The van der Waals surface area contributed by atoms with Gasteiger partial charge in [-0.25, -0.2) is 8.42 Å². The molecular weight excluding hydrogens is 374 g/mol. The molecule has 1 aliphatic rings. The van der Waals surface area contributed by atoms with Gasteiger partial charge in [0.1, 0.15) is 0 Å². The molecule has 1 heterocycles. The van der Waals surface area contributed by atoms with E-state index in [4.69, 9.17) is 0 Å². The molecule has 7 heteroatoms. The lowest BCUT2D eigenvalue weighted by Gasteiger charge is -2.35. The lowest BCUT2D eigenvalue weighted by atomic mass is 10.2. The van der Waals surface area contributed by atoms with Crippen molar-refractivity contribution in [2.24, 2.45) is 0 Å². The molecule has 3 rings (SSSR count). The van der Waals surface area contributed by atoms with Gasteiger partial charge in [-0.2, -0.15) is 4.31 Å². The van der Waals surface area contributed by atoms with Gasteiger partial charge in [0.25, 0.3) is 5.91 Å². The fourth-order valence-corrected chi connectivity index (χ4v) is 5.09. The third-order valence-corrected chi connectivity index (χ3v) is 7.28. The van der Waals surface area contributed by atoms with E-state index in [9.17, 15) is 13.2 Å². The molecule has 150 valence electrons. The lowest BCUT2D eigenvalue weighted by molar-refractivity contribution is -0.918. The summed E-state index contributed by atoms with van der Waals surface area (Å²) in [5.74, 6) is 0.0817. The van der Waals surface area contributed by atoms with E-state index in [-0.39, 0.29) is 11.9 Å². The van der Waals surface area contributed by atoms with Crippen LogP contribution in [0.25, 0.3) is 0 Å². The Morgan fingerprint density at radius 2 is 1.57 bits per heavy atom. The summed E-state index contributed by atoms with van der Waals surface area (Å²) in [4.78, 5) is 16.0. The van der Waals surface area contributed by atoms with Crippen molar-refractivity contribution in [3.05, 3.63) is 66.2 Å². The monoisotopic (exact) mass is 402 g/mol. The Kier molecular flexibility index (Phi) is 6.49. The Morgan fingerprint density at radius 1 is 1.04 bits per heavy atom. The smallest absolute Gasteiger partial charge is 0.280 e. The van der Waals surface area contributed by atoms with Crippen LogP contribution < -0.4 is 4.90 Å². The van der Waals surface area contributed by atoms with Crippen molar-refractivity contribution < 1.29 is 18.1 Å². The van der Waals surface area contributed by atoms with Crippen LogP contribution in [0.2, 0.25) is 0 Å². The van der Waals surface area contributed by atoms with E-state index >= 15 is 0 Å². The number of hydrogen-bond donors (Lipinski definition) is 1. The predicted octanol–water partition coefficient (Wildman–Crippen LogP) is 0.623. The number of benzene rings is 2. The van der Waals surface area contributed by atoms with Gasteiger partial charge in [0.15, 0.2) is 6.04 Å². The predicted molar refractivity (Wildman–Crippen MR) is 108 cm³/mol. The maximum atomic E-state index is 12.8. The second-order valence-corrected chi connectivity index (χ2v) is 9.21. The van der Waals surface area contributed by atoms with E-state index < -0.39 is 10.0 Å². The van der Waals surface area contributed by atoms with Gasteiger partial charge in [-0.3, -0.25) is 4.79 Å². The zero-order valence-corrected chi connectivity index (χ0v) is 17.2. The summed E-state index contributed by atoms with van der Waals surface area (Å²) < 4.78 is 27.0. The van der Waals surface area contributed by atoms with Crippen LogP contribution >= 0.6 is 0 Å². The van der Waals surface area contributed by atoms with Gasteiger partial charge in [0.05, 0.1) is 31.1 Å². The van der Waals surface area contributed by atoms with Crippen LogP contribution in [0.4, 0.5) is 0 Å². The van der Waals surface area contributed by atoms with Crippen molar-refractivity contribution in [2.45, 2.75) is 24.4 Å². The molecule has 0 bridgehead atoms. The molecule has 1 saturated heterocycles. The van der Waals surface area contributed by atoms with E-state index in [0.29, 0.717) is 37.6 Å². The number of rotatable bonds is 6. The van der Waals surface area contributed by atoms with Gasteiger partial charge >= 0.3 is 0 Å². The molecule has 6 nitrogen and oxygen atoms in total. The number of nitrogens with one attached hydrogen (secondary N) is 1. The van der Waals surface area contributed by atoms with Crippen LogP contribution in [0.1, 0.15) is 12.5 Å². The highest BCUT2D eigenvalue weighted by molar-refractivity contribution is 7.89. The molecule has 1 fully saturated rings. The zero-order chi connectivity index (χ0) is 20.1. The van der Waals surface area contributed by atoms with Crippen molar-refractivity contribution in [3.63, 3.8) is 0 Å². The van der Waals surface area contributed by atoms with Gasteiger partial charge in [0.2, 0.25) is 10.0 Å². The number of hydrogen-bond acceptors (Lipinski definition) is 3. The Balaban J connectivity index is 1.57. The SMILES string of the molecule is C[C@@H](C(=O)N(C)Cc1ccccc1)[NH+]1CCN(S(=O)(=O)c2ccccc2)CC1. The van der Waals surface area contributed by atoms with Crippen LogP contribution in [0.5, 0.6) is 0 Å². The van der Waals surface area contributed by atoms with Crippen molar-refractivity contribution in [2.75, 3.05) is 33.2 Å². The number of nitrogens with zero attached hydrogens (tertiary/aromatic N) is 2. The highest BCUT2D eigenvalue weighted by atomic mass is 32.2. The molecule has 0 spiro atoms. The fourth-order valence-electron chi connectivity index (χ4n) is 3.63. The second kappa shape index (κ2) is 8.86. The second-order valence-electron chi connectivity index (χ2n) is 7.28. The molecule has 0 aromatic heterocycles. The van der Waals surface area contributed by atoms with Gasteiger partial charge in [-0.05, 0) is 24.6 Å². The van der Waals surface area contributed by atoms with E-state index in [0.717, 1.165) is 10.5 Å². The Hall–Kier alpha value is -2.22. The number of amides is 1. The van der Waals surface area contributed by atoms with Crippen LogP contribution in [0.15, 0.2) is 65.6 Å². The highest BCUT2D eigenvalue weighted by Crippen LogP contribution is 2.15. The average Bonchev–Trinajstić information content (AvgIpc) is 2.74. The minimum Gasteiger partial charge on any atom is -0.336 e. The first-order valence-electron chi connectivity index (χ1n) is 9.58.